The van der Waals surface area contributed by atoms with Crippen LogP contribution < -0.4 is 5.73 Å². The molecule has 0 fully saturated rings. The highest BCUT2D eigenvalue weighted by molar-refractivity contribution is 5.59. The molecule has 17 heavy (non-hydrogen) atoms. The van der Waals surface area contributed by atoms with E-state index < -0.39 is 4.92 Å². The van der Waals surface area contributed by atoms with Gasteiger partial charge in [-0.25, -0.2) is 0 Å². The Bertz CT molecular complexity index is 453. The molecule has 0 saturated heterocycles. The number of nitrogens with zero attached hydrogens (tertiary/aromatic N) is 3. The number of hydrogen-bond donors (Lipinski definition) is 1. The molecule has 0 spiro atoms. The van der Waals surface area contributed by atoms with Gasteiger partial charge in [-0.15, -0.1) is 0 Å². The van der Waals surface area contributed by atoms with Gasteiger partial charge in [-0.2, -0.15) is 5.26 Å². The highest BCUT2D eigenvalue weighted by Gasteiger charge is 2.12. The van der Waals surface area contributed by atoms with Gasteiger partial charge in [-0.1, -0.05) is 6.07 Å². The van der Waals surface area contributed by atoms with Gasteiger partial charge in [0.05, 0.1) is 11.0 Å². The topological polar surface area (TPSA) is 96.2 Å². The van der Waals surface area contributed by atoms with Crippen LogP contribution in [0.3, 0.4) is 0 Å². The summed E-state index contributed by atoms with van der Waals surface area (Å²) < 4.78 is 0. The van der Waals surface area contributed by atoms with E-state index in [9.17, 15) is 10.1 Å². The average Bonchev–Trinajstić information content (AvgIpc) is 2.28. The summed E-state index contributed by atoms with van der Waals surface area (Å²) in [6.45, 7) is 1.19. The van der Waals surface area contributed by atoms with Gasteiger partial charge in [0.1, 0.15) is 5.69 Å². The van der Waals surface area contributed by atoms with Gasteiger partial charge in [0.15, 0.2) is 0 Å². The summed E-state index contributed by atoms with van der Waals surface area (Å²) in [5.74, 6) is 0. The fourth-order valence-corrected chi connectivity index (χ4v) is 1.48. The molecule has 0 heterocycles. The Morgan fingerprint density at radius 1 is 1.59 bits per heavy atom. The van der Waals surface area contributed by atoms with Crippen LogP contribution >= 0.6 is 0 Å². The van der Waals surface area contributed by atoms with Crippen LogP contribution in [0.1, 0.15) is 12.0 Å². The monoisotopic (exact) mass is 234 g/mol. The largest absolute Gasteiger partial charge is 0.393 e. The van der Waals surface area contributed by atoms with Crippen molar-refractivity contribution in [1.29, 1.82) is 5.26 Å². The van der Waals surface area contributed by atoms with Crippen molar-refractivity contribution in [3.05, 3.63) is 33.9 Å². The van der Waals surface area contributed by atoms with Crippen molar-refractivity contribution in [3.63, 3.8) is 0 Å². The first-order valence-corrected chi connectivity index (χ1v) is 5.13. The zero-order valence-corrected chi connectivity index (χ0v) is 9.59. The molecule has 0 radical (unpaired) electrons. The molecular formula is C11H14N4O2. The summed E-state index contributed by atoms with van der Waals surface area (Å²) >= 11 is 0. The molecule has 1 aromatic carbocycles. The first-order chi connectivity index (χ1) is 8.04. The molecule has 1 rings (SSSR count). The van der Waals surface area contributed by atoms with E-state index in [-0.39, 0.29) is 11.4 Å². The average molecular weight is 234 g/mol. The minimum absolute atomic E-state index is 0.0730. The molecule has 0 atom stereocenters. The number of hydrogen-bond acceptors (Lipinski definition) is 5. The van der Waals surface area contributed by atoms with Gasteiger partial charge in [-0.3, -0.25) is 10.1 Å². The van der Waals surface area contributed by atoms with Gasteiger partial charge < -0.3 is 10.6 Å². The lowest BCUT2D eigenvalue weighted by Crippen LogP contribution is -2.18. The zero-order chi connectivity index (χ0) is 12.8. The molecule has 1 aromatic rings. The van der Waals surface area contributed by atoms with Gasteiger partial charge in [0.25, 0.3) is 5.69 Å². The number of nitro groups is 1. The molecular weight excluding hydrogens is 220 g/mol. The number of benzene rings is 1. The molecule has 0 aliphatic carbocycles. The molecule has 0 bridgehead atoms. The van der Waals surface area contributed by atoms with Crippen LogP contribution in [0.2, 0.25) is 0 Å². The molecule has 0 aliphatic heterocycles. The number of nitrogens with two attached hydrogens (primary N) is 1. The first kappa shape index (κ1) is 12.9. The quantitative estimate of drug-likeness (QED) is 0.473. The summed E-state index contributed by atoms with van der Waals surface area (Å²) in [6.07, 6.45) is 0.438. The van der Waals surface area contributed by atoms with Crippen molar-refractivity contribution < 1.29 is 4.92 Å². The summed E-state index contributed by atoms with van der Waals surface area (Å²) in [5.41, 5.74) is 6.41. The third-order valence-electron chi connectivity index (χ3n) is 2.35. The van der Waals surface area contributed by atoms with Crippen molar-refractivity contribution in [2.24, 2.45) is 0 Å². The first-order valence-electron chi connectivity index (χ1n) is 5.13. The molecule has 6 nitrogen and oxygen atoms in total. The maximum atomic E-state index is 10.7. The van der Waals surface area contributed by atoms with Crippen molar-refractivity contribution in [1.82, 2.24) is 4.90 Å². The van der Waals surface area contributed by atoms with Gasteiger partial charge in [0, 0.05) is 25.6 Å². The molecule has 90 valence electrons. The lowest BCUT2D eigenvalue weighted by Gasteiger charge is -2.14. The lowest BCUT2D eigenvalue weighted by atomic mass is 10.1. The number of nitrogen functional groups attached to an aromatic ring is 1. The molecule has 6 heteroatoms. The molecule has 0 aliphatic rings. The van der Waals surface area contributed by atoms with Crippen LogP contribution in [0.4, 0.5) is 11.4 Å². The van der Waals surface area contributed by atoms with E-state index in [1.54, 1.807) is 6.07 Å². The smallest absolute Gasteiger partial charge is 0.292 e. The van der Waals surface area contributed by atoms with E-state index in [1.165, 1.54) is 12.1 Å². The minimum atomic E-state index is -0.492. The highest BCUT2D eigenvalue weighted by Crippen LogP contribution is 2.22. The SMILES string of the molecule is CN(CCC#N)Cc1ccc(N)c([N+](=O)[O-])c1. The van der Waals surface area contributed by atoms with Gasteiger partial charge in [0.2, 0.25) is 0 Å². The number of nitro benzene ring substituents is 1. The number of nitriles is 1. The summed E-state index contributed by atoms with van der Waals surface area (Å²) in [7, 11) is 1.86. The molecule has 0 amide bonds. The maximum Gasteiger partial charge on any atom is 0.292 e. The van der Waals surface area contributed by atoms with E-state index in [2.05, 4.69) is 6.07 Å². The number of rotatable bonds is 5. The van der Waals surface area contributed by atoms with Crippen LogP contribution in [0.25, 0.3) is 0 Å². The van der Waals surface area contributed by atoms with Crippen molar-refractivity contribution in [2.45, 2.75) is 13.0 Å². The van der Waals surface area contributed by atoms with Crippen LogP contribution in [-0.2, 0) is 6.54 Å². The molecule has 0 saturated carbocycles. The molecule has 0 unspecified atom stereocenters. The minimum Gasteiger partial charge on any atom is -0.393 e. The fourth-order valence-electron chi connectivity index (χ4n) is 1.48. The fraction of sp³-hybridized carbons (Fsp3) is 0.364. The van der Waals surface area contributed by atoms with Gasteiger partial charge in [-0.05, 0) is 18.7 Å². The van der Waals surface area contributed by atoms with Crippen molar-refractivity contribution >= 4 is 11.4 Å². The third kappa shape index (κ3) is 3.74. The maximum absolute atomic E-state index is 10.7. The Morgan fingerprint density at radius 2 is 2.29 bits per heavy atom. The molecule has 0 aromatic heterocycles. The Labute approximate surface area is 99.4 Å². The predicted molar refractivity (Wildman–Crippen MR) is 64.1 cm³/mol. The Kier molecular flexibility index (Phi) is 4.43. The second-order valence-corrected chi connectivity index (χ2v) is 3.80. The summed E-state index contributed by atoms with van der Waals surface area (Å²) in [4.78, 5) is 12.1. The Morgan fingerprint density at radius 3 is 2.88 bits per heavy atom. The second-order valence-electron chi connectivity index (χ2n) is 3.80. The summed E-state index contributed by atoms with van der Waals surface area (Å²) in [5, 5.41) is 19.2. The van der Waals surface area contributed by atoms with Crippen molar-refractivity contribution in [2.75, 3.05) is 19.3 Å². The van der Waals surface area contributed by atoms with E-state index in [1.807, 2.05) is 11.9 Å². The van der Waals surface area contributed by atoms with Gasteiger partial charge >= 0.3 is 0 Å². The standard InChI is InChI=1S/C11H14N4O2/c1-14(6-2-5-12)8-9-3-4-10(13)11(7-9)15(16)17/h3-4,7H,2,6,8,13H2,1H3. The predicted octanol–water partition coefficient (Wildman–Crippen LogP) is 1.52. The zero-order valence-electron chi connectivity index (χ0n) is 9.59. The van der Waals surface area contributed by atoms with Crippen LogP contribution in [0.15, 0.2) is 18.2 Å². The Hall–Kier alpha value is -2.13. The van der Waals surface area contributed by atoms with Crippen molar-refractivity contribution in [3.8, 4) is 6.07 Å². The van der Waals surface area contributed by atoms with E-state index in [0.717, 1.165) is 5.56 Å². The van der Waals surface area contributed by atoms with E-state index in [0.29, 0.717) is 19.5 Å². The molecule has 2 N–H and O–H groups in total. The third-order valence-corrected chi connectivity index (χ3v) is 2.35. The number of anilines is 1. The van der Waals surface area contributed by atoms with E-state index >= 15 is 0 Å². The normalized spacial score (nSPS) is 10.2. The highest BCUT2D eigenvalue weighted by atomic mass is 16.6. The van der Waals surface area contributed by atoms with Crippen LogP contribution in [-0.4, -0.2) is 23.4 Å². The lowest BCUT2D eigenvalue weighted by molar-refractivity contribution is -0.384. The summed E-state index contributed by atoms with van der Waals surface area (Å²) in [6, 6.07) is 6.81. The van der Waals surface area contributed by atoms with Crippen LogP contribution in [0.5, 0.6) is 0 Å². The van der Waals surface area contributed by atoms with E-state index in [4.69, 9.17) is 11.0 Å². The Balaban J connectivity index is 2.76. The second kappa shape index (κ2) is 5.82. The van der Waals surface area contributed by atoms with Crippen LogP contribution in [0, 0.1) is 21.4 Å².